The minimum Gasteiger partial charge on any atom is -0.325 e. The quantitative estimate of drug-likeness (QED) is 0.833. The summed E-state index contributed by atoms with van der Waals surface area (Å²) in [5.41, 5.74) is 4.99. The standard InChI is InChI=1S/C10H20N4O2S/c1-8(2)14-9(12-7-13-14)5-17(15,16)6-10(3,4)11/h7-8H,5-6,11H2,1-4H3. The zero-order chi connectivity index (χ0) is 13.3. The van der Waals surface area contributed by atoms with Gasteiger partial charge >= 0.3 is 0 Å². The minimum absolute atomic E-state index is 0.0645. The van der Waals surface area contributed by atoms with Gasteiger partial charge in [-0.25, -0.2) is 18.1 Å². The molecule has 0 aliphatic heterocycles. The number of hydrogen-bond acceptors (Lipinski definition) is 5. The topological polar surface area (TPSA) is 90.9 Å². The van der Waals surface area contributed by atoms with Crippen molar-refractivity contribution >= 4 is 9.84 Å². The van der Waals surface area contributed by atoms with Gasteiger partial charge in [0.1, 0.15) is 17.9 Å². The Bertz CT molecular complexity index is 471. The maximum absolute atomic E-state index is 11.9. The van der Waals surface area contributed by atoms with E-state index in [4.69, 9.17) is 5.73 Å². The van der Waals surface area contributed by atoms with Crippen molar-refractivity contribution in [3.8, 4) is 0 Å². The minimum atomic E-state index is -3.27. The van der Waals surface area contributed by atoms with Gasteiger partial charge in [-0.3, -0.25) is 0 Å². The summed E-state index contributed by atoms with van der Waals surface area (Å²) in [6.45, 7) is 7.24. The largest absolute Gasteiger partial charge is 0.325 e. The summed E-state index contributed by atoms with van der Waals surface area (Å²) in [5.74, 6) is 0.279. The Hall–Kier alpha value is -0.950. The summed E-state index contributed by atoms with van der Waals surface area (Å²) in [5, 5.41) is 4.01. The molecule has 0 aliphatic rings. The number of nitrogens with two attached hydrogens (primary N) is 1. The zero-order valence-electron chi connectivity index (χ0n) is 10.7. The molecule has 6 nitrogen and oxygen atoms in total. The molecule has 0 radical (unpaired) electrons. The maximum atomic E-state index is 11.9. The fraction of sp³-hybridized carbons (Fsp3) is 0.800. The molecule has 0 bridgehead atoms. The molecule has 2 N–H and O–H groups in total. The molecule has 0 aromatic carbocycles. The summed E-state index contributed by atoms with van der Waals surface area (Å²) < 4.78 is 25.5. The van der Waals surface area contributed by atoms with E-state index in [1.807, 2.05) is 13.8 Å². The highest BCUT2D eigenvalue weighted by molar-refractivity contribution is 7.90. The van der Waals surface area contributed by atoms with Gasteiger partial charge in [0.25, 0.3) is 0 Å². The van der Waals surface area contributed by atoms with Crippen LogP contribution < -0.4 is 5.73 Å². The van der Waals surface area contributed by atoms with Gasteiger partial charge in [-0.15, -0.1) is 0 Å². The number of aromatic nitrogens is 3. The lowest BCUT2D eigenvalue weighted by Crippen LogP contribution is -2.40. The van der Waals surface area contributed by atoms with E-state index in [1.54, 1.807) is 18.5 Å². The van der Waals surface area contributed by atoms with Gasteiger partial charge in [0.2, 0.25) is 0 Å². The second-order valence-electron chi connectivity index (χ2n) is 5.24. The number of sulfone groups is 1. The van der Waals surface area contributed by atoms with Crippen LogP contribution in [0.4, 0.5) is 0 Å². The Kier molecular flexibility index (Phi) is 3.93. The first-order valence-corrected chi connectivity index (χ1v) is 7.30. The van der Waals surface area contributed by atoms with E-state index < -0.39 is 15.4 Å². The van der Waals surface area contributed by atoms with E-state index in [0.717, 1.165) is 0 Å². The monoisotopic (exact) mass is 260 g/mol. The smallest absolute Gasteiger partial charge is 0.159 e. The Labute approximate surface area is 102 Å². The molecule has 0 saturated heterocycles. The first-order valence-electron chi connectivity index (χ1n) is 5.48. The van der Waals surface area contributed by atoms with Crippen LogP contribution in [0.15, 0.2) is 6.33 Å². The normalized spacial score (nSPS) is 13.3. The summed E-state index contributed by atoms with van der Waals surface area (Å²) >= 11 is 0. The van der Waals surface area contributed by atoms with Crippen molar-refractivity contribution in [1.82, 2.24) is 14.8 Å². The third-order valence-corrected chi connectivity index (χ3v) is 3.96. The van der Waals surface area contributed by atoms with E-state index in [1.165, 1.54) is 6.33 Å². The predicted octanol–water partition coefficient (Wildman–Crippen LogP) is 0.511. The van der Waals surface area contributed by atoms with Gasteiger partial charge < -0.3 is 5.73 Å². The summed E-state index contributed by atoms with van der Waals surface area (Å²) in [7, 11) is -3.27. The van der Waals surface area contributed by atoms with Crippen molar-refractivity contribution < 1.29 is 8.42 Å². The third kappa shape index (κ3) is 4.43. The lowest BCUT2D eigenvalue weighted by atomic mass is 10.1. The highest BCUT2D eigenvalue weighted by atomic mass is 32.2. The average Bonchev–Trinajstić information content (AvgIpc) is 2.45. The van der Waals surface area contributed by atoms with E-state index in [2.05, 4.69) is 10.1 Å². The van der Waals surface area contributed by atoms with Gasteiger partial charge in [-0.1, -0.05) is 0 Å². The van der Waals surface area contributed by atoms with E-state index in [9.17, 15) is 8.42 Å². The molecule has 0 atom stereocenters. The molecule has 1 aromatic rings. The molecule has 1 heterocycles. The molecule has 0 saturated carbocycles. The average molecular weight is 260 g/mol. The summed E-state index contributed by atoms with van der Waals surface area (Å²) in [6.07, 6.45) is 1.37. The molecular weight excluding hydrogens is 240 g/mol. The van der Waals surface area contributed by atoms with Crippen molar-refractivity contribution in [3.05, 3.63) is 12.2 Å². The molecule has 0 fully saturated rings. The third-order valence-electron chi connectivity index (χ3n) is 2.08. The zero-order valence-corrected chi connectivity index (χ0v) is 11.5. The maximum Gasteiger partial charge on any atom is 0.159 e. The molecule has 0 spiro atoms. The molecule has 0 unspecified atom stereocenters. The van der Waals surface area contributed by atoms with E-state index >= 15 is 0 Å². The molecule has 1 rings (SSSR count). The molecule has 0 aliphatic carbocycles. The van der Waals surface area contributed by atoms with Crippen LogP contribution >= 0.6 is 0 Å². The van der Waals surface area contributed by atoms with Crippen LogP contribution in [0.5, 0.6) is 0 Å². The van der Waals surface area contributed by atoms with Crippen LogP contribution in [0.2, 0.25) is 0 Å². The molecule has 7 heteroatoms. The number of hydrogen-bond donors (Lipinski definition) is 1. The summed E-state index contributed by atoms with van der Waals surface area (Å²) in [4.78, 5) is 3.98. The molecule has 1 aromatic heterocycles. The van der Waals surface area contributed by atoms with Crippen molar-refractivity contribution in [1.29, 1.82) is 0 Å². The fourth-order valence-electron chi connectivity index (χ4n) is 1.62. The van der Waals surface area contributed by atoms with Gasteiger partial charge in [-0.2, -0.15) is 5.10 Å². The first kappa shape index (κ1) is 14.1. The van der Waals surface area contributed by atoms with Crippen molar-refractivity contribution in [3.63, 3.8) is 0 Å². The highest BCUT2D eigenvalue weighted by Gasteiger charge is 2.24. The molecule has 17 heavy (non-hydrogen) atoms. The molecule has 98 valence electrons. The lowest BCUT2D eigenvalue weighted by molar-refractivity contribution is 0.507. The SMILES string of the molecule is CC(C)n1ncnc1CS(=O)(=O)CC(C)(C)N. The van der Waals surface area contributed by atoms with Crippen LogP contribution in [0, 0.1) is 0 Å². The molecule has 0 amide bonds. The van der Waals surface area contributed by atoms with Crippen LogP contribution in [0.3, 0.4) is 0 Å². The molecular formula is C10H20N4O2S. The Balaban J connectivity index is 2.87. The van der Waals surface area contributed by atoms with E-state index in [-0.39, 0.29) is 17.5 Å². The highest BCUT2D eigenvalue weighted by Crippen LogP contribution is 2.12. The second-order valence-corrected chi connectivity index (χ2v) is 7.30. The second kappa shape index (κ2) is 4.73. The number of rotatable bonds is 5. The Morgan fingerprint density at radius 2 is 2.06 bits per heavy atom. The summed E-state index contributed by atoms with van der Waals surface area (Å²) in [6, 6.07) is 0.0913. The van der Waals surface area contributed by atoms with Gasteiger partial charge in [-0.05, 0) is 27.7 Å². The van der Waals surface area contributed by atoms with Gasteiger partial charge in [0, 0.05) is 11.6 Å². The van der Waals surface area contributed by atoms with Gasteiger partial charge in [0.15, 0.2) is 9.84 Å². The van der Waals surface area contributed by atoms with Crippen molar-refractivity contribution in [2.45, 2.75) is 45.0 Å². The first-order chi connectivity index (χ1) is 7.61. The van der Waals surface area contributed by atoms with Crippen molar-refractivity contribution in [2.24, 2.45) is 5.73 Å². The predicted molar refractivity (Wildman–Crippen MR) is 66.2 cm³/mol. The van der Waals surface area contributed by atoms with Crippen LogP contribution in [0.25, 0.3) is 0 Å². The Morgan fingerprint density at radius 1 is 1.47 bits per heavy atom. The lowest BCUT2D eigenvalue weighted by Gasteiger charge is -2.18. The van der Waals surface area contributed by atoms with Gasteiger partial charge in [0.05, 0.1) is 5.75 Å². The van der Waals surface area contributed by atoms with Crippen molar-refractivity contribution in [2.75, 3.05) is 5.75 Å². The van der Waals surface area contributed by atoms with E-state index in [0.29, 0.717) is 5.82 Å². The van der Waals surface area contributed by atoms with Crippen LogP contribution in [-0.2, 0) is 15.6 Å². The van der Waals surface area contributed by atoms with Crippen LogP contribution in [0.1, 0.15) is 39.6 Å². The fourth-order valence-corrected chi connectivity index (χ4v) is 3.46. The number of nitrogens with zero attached hydrogens (tertiary/aromatic N) is 3. The van der Waals surface area contributed by atoms with Crippen LogP contribution in [-0.4, -0.2) is 34.5 Å². The Morgan fingerprint density at radius 3 is 2.53 bits per heavy atom.